The third-order valence-electron chi connectivity index (χ3n) is 3.53. The Hall–Kier alpha value is -0.930. The molecule has 3 nitrogen and oxygen atoms in total. The van der Waals surface area contributed by atoms with Crippen molar-refractivity contribution in [2.75, 3.05) is 13.7 Å². The standard InChI is InChI=1S/C14H21NO2.ClH/c1-3-17-13-9-11(7-8-12(13)16-2)14(15)10-5-4-6-10;/h7-10,14H,3-6,15H2,1-2H3;1H/t14-;/m0./s1. The van der Waals surface area contributed by atoms with Crippen LogP contribution in [0.3, 0.4) is 0 Å². The number of nitrogens with two attached hydrogens (primary N) is 1. The van der Waals surface area contributed by atoms with E-state index in [0.717, 1.165) is 17.1 Å². The average molecular weight is 272 g/mol. The number of hydrogen-bond acceptors (Lipinski definition) is 3. The molecule has 1 aromatic carbocycles. The Bertz CT molecular complexity index is 380. The largest absolute Gasteiger partial charge is 0.493 e. The van der Waals surface area contributed by atoms with Crippen molar-refractivity contribution in [1.29, 1.82) is 0 Å². The maximum absolute atomic E-state index is 6.26. The van der Waals surface area contributed by atoms with Gasteiger partial charge in [0.2, 0.25) is 0 Å². The quantitative estimate of drug-likeness (QED) is 0.894. The summed E-state index contributed by atoms with van der Waals surface area (Å²) in [4.78, 5) is 0. The molecular formula is C14H22ClNO2. The van der Waals surface area contributed by atoms with Crippen LogP contribution in [0.15, 0.2) is 18.2 Å². The summed E-state index contributed by atoms with van der Waals surface area (Å²) in [6, 6.07) is 6.14. The summed E-state index contributed by atoms with van der Waals surface area (Å²) < 4.78 is 10.8. The molecule has 1 aromatic rings. The minimum atomic E-state index is 0. The van der Waals surface area contributed by atoms with E-state index in [1.54, 1.807) is 7.11 Å². The monoisotopic (exact) mass is 271 g/mol. The smallest absolute Gasteiger partial charge is 0.161 e. The Morgan fingerprint density at radius 2 is 2.06 bits per heavy atom. The Morgan fingerprint density at radius 1 is 1.33 bits per heavy atom. The zero-order valence-corrected chi connectivity index (χ0v) is 11.8. The van der Waals surface area contributed by atoms with Gasteiger partial charge in [0.15, 0.2) is 11.5 Å². The van der Waals surface area contributed by atoms with E-state index >= 15 is 0 Å². The second-order valence-electron chi connectivity index (χ2n) is 4.56. The predicted octanol–water partition coefficient (Wildman–Crippen LogP) is 3.32. The minimum absolute atomic E-state index is 0. The molecule has 18 heavy (non-hydrogen) atoms. The summed E-state index contributed by atoms with van der Waals surface area (Å²) in [6.45, 7) is 2.61. The molecule has 0 aliphatic heterocycles. The van der Waals surface area contributed by atoms with Crippen molar-refractivity contribution in [3.8, 4) is 11.5 Å². The van der Waals surface area contributed by atoms with E-state index in [2.05, 4.69) is 0 Å². The van der Waals surface area contributed by atoms with Crippen LogP contribution >= 0.6 is 12.4 Å². The third kappa shape index (κ3) is 3.09. The van der Waals surface area contributed by atoms with Crippen molar-refractivity contribution in [3.63, 3.8) is 0 Å². The molecular weight excluding hydrogens is 250 g/mol. The summed E-state index contributed by atoms with van der Waals surface area (Å²) in [5.74, 6) is 2.21. The molecule has 0 heterocycles. The van der Waals surface area contributed by atoms with Gasteiger partial charge in [0, 0.05) is 6.04 Å². The summed E-state index contributed by atoms with van der Waals surface area (Å²) in [5, 5.41) is 0. The lowest BCUT2D eigenvalue weighted by Crippen LogP contribution is -2.26. The van der Waals surface area contributed by atoms with E-state index in [4.69, 9.17) is 15.2 Å². The van der Waals surface area contributed by atoms with E-state index in [-0.39, 0.29) is 18.4 Å². The lowest BCUT2D eigenvalue weighted by atomic mass is 9.77. The molecule has 102 valence electrons. The number of rotatable bonds is 5. The van der Waals surface area contributed by atoms with Gasteiger partial charge in [-0.15, -0.1) is 12.4 Å². The van der Waals surface area contributed by atoms with E-state index in [1.807, 2.05) is 25.1 Å². The maximum Gasteiger partial charge on any atom is 0.161 e. The second kappa shape index (κ2) is 6.86. The van der Waals surface area contributed by atoms with Crippen molar-refractivity contribution < 1.29 is 9.47 Å². The van der Waals surface area contributed by atoms with E-state index in [9.17, 15) is 0 Å². The van der Waals surface area contributed by atoms with Crippen LogP contribution in [0, 0.1) is 5.92 Å². The molecule has 1 fully saturated rings. The SMILES string of the molecule is CCOc1cc([C@@H](N)C2CCC2)ccc1OC.Cl. The molecule has 4 heteroatoms. The van der Waals surface area contributed by atoms with E-state index in [1.165, 1.54) is 19.3 Å². The highest BCUT2D eigenvalue weighted by Crippen LogP contribution is 2.38. The molecule has 1 aliphatic carbocycles. The van der Waals surface area contributed by atoms with Gasteiger partial charge in [-0.25, -0.2) is 0 Å². The zero-order valence-electron chi connectivity index (χ0n) is 11.0. The highest BCUT2D eigenvalue weighted by atomic mass is 35.5. The van der Waals surface area contributed by atoms with Crippen molar-refractivity contribution in [2.45, 2.75) is 32.2 Å². The summed E-state index contributed by atoms with van der Waals surface area (Å²) in [5.41, 5.74) is 7.41. The van der Waals surface area contributed by atoms with E-state index in [0.29, 0.717) is 12.5 Å². The van der Waals surface area contributed by atoms with Crippen LogP contribution in [0.25, 0.3) is 0 Å². The minimum Gasteiger partial charge on any atom is -0.493 e. The van der Waals surface area contributed by atoms with Gasteiger partial charge < -0.3 is 15.2 Å². The van der Waals surface area contributed by atoms with Crippen LogP contribution < -0.4 is 15.2 Å². The van der Waals surface area contributed by atoms with Crippen molar-refractivity contribution >= 4 is 12.4 Å². The fourth-order valence-corrected chi connectivity index (χ4v) is 2.24. The van der Waals surface area contributed by atoms with Crippen LogP contribution in [0.4, 0.5) is 0 Å². The predicted molar refractivity (Wildman–Crippen MR) is 75.7 cm³/mol. The van der Waals surface area contributed by atoms with Crippen LogP contribution in [0.5, 0.6) is 11.5 Å². The molecule has 0 unspecified atom stereocenters. The summed E-state index contributed by atoms with van der Waals surface area (Å²) >= 11 is 0. The number of hydrogen-bond donors (Lipinski definition) is 1. The fraction of sp³-hybridized carbons (Fsp3) is 0.571. The Labute approximate surface area is 115 Å². The van der Waals surface area contributed by atoms with Gasteiger partial charge in [-0.1, -0.05) is 12.5 Å². The van der Waals surface area contributed by atoms with Crippen LogP contribution in [0.2, 0.25) is 0 Å². The number of methoxy groups -OCH3 is 1. The Kier molecular flexibility index (Phi) is 5.76. The molecule has 2 N–H and O–H groups in total. The third-order valence-corrected chi connectivity index (χ3v) is 3.53. The van der Waals surface area contributed by atoms with Crippen LogP contribution in [-0.4, -0.2) is 13.7 Å². The normalized spacial score (nSPS) is 16.4. The van der Waals surface area contributed by atoms with Gasteiger partial charge in [0.05, 0.1) is 13.7 Å². The first-order valence-corrected chi connectivity index (χ1v) is 6.32. The first-order chi connectivity index (χ1) is 8.26. The van der Waals surface area contributed by atoms with Gasteiger partial charge >= 0.3 is 0 Å². The lowest BCUT2D eigenvalue weighted by molar-refractivity contribution is 0.262. The Morgan fingerprint density at radius 3 is 2.56 bits per heavy atom. The summed E-state index contributed by atoms with van der Waals surface area (Å²) in [6.07, 6.45) is 3.81. The van der Waals surface area contributed by atoms with Crippen molar-refractivity contribution in [1.82, 2.24) is 0 Å². The zero-order chi connectivity index (χ0) is 12.3. The molecule has 1 aliphatic rings. The van der Waals surface area contributed by atoms with Crippen LogP contribution in [-0.2, 0) is 0 Å². The van der Waals surface area contributed by atoms with E-state index < -0.39 is 0 Å². The molecule has 2 rings (SSSR count). The van der Waals surface area contributed by atoms with Gasteiger partial charge in [-0.3, -0.25) is 0 Å². The first kappa shape index (κ1) is 15.1. The molecule has 0 spiro atoms. The molecule has 0 bridgehead atoms. The average Bonchev–Trinajstić information content (AvgIpc) is 2.27. The summed E-state index contributed by atoms with van der Waals surface area (Å²) in [7, 11) is 1.66. The van der Waals surface area contributed by atoms with Gasteiger partial charge in [0.25, 0.3) is 0 Å². The second-order valence-corrected chi connectivity index (χ2v) is 4.56. The number of ether oxygens (including phenoxy) is 2. The first-order valence-electron chi connectivity index (χ1n) is 6.32. The highest BCUT2D eigenvalue weighted by molar-refractivity contribution is 5.85. The topological polar surface area (TPSA) is 44.5 Å². The van der Waals surface area contributed by atoms with Crippen molar-refractivity contribution in [3.05, 3.63) is 23.8 Å². The van der Waals surface area contributed by atoms with Gasteiger partial charge in [0.1, 0.15) is 0 Å². The molecule has 1 saturated carbocycles. The molecule has 0 amide bonds. The van der Waals surface area contributed by atoms with Crippen LogP contribution in [0.1, 0.15) is 37.8 Å². The molecule has 0 aromatic heterocycles. The fourth-order valence-electron chi connectivity index (χ4n) is 2.24. The van der Waals surface area contributed by atoms with Gasteiger partial charge in [-0.05, 0) is 43.4 Å². The highest BCUT2D eigenvalue weighted by Gasteiger charge is 2.26. The molecule has 0 radical (unpaired) electrons. The number of benzene rings is 1. The number of halogens is 1. The maximum atomic E-state index is 6.26. The lowest BCUT2D eigenvalue weighted by Gasteiger charge is -2.31. The van der Waals surface area contributed by atoms with Gasteiger partial charge in [-0.2, -0.15) is 0 Å². The Balaban J connectivity index is 0.00000162. The molecule has 0 saturated heterocycles. The van der Waals surface area contributed by atoms with Crippen molar-refractivity contribution in [2.24, 2.45) is 11.7 Å². The molecule has 1 atom stereocenters.